The SMILES string of the molecule is CN1CCN(C(=O)CN[C@@H]2C[C@H]2c2ccc(-c3ccc(F)cc3F)cc2)CC1. The molecule has 4 rings (SSSR count). The second kappa shape index (κ2) is 7.97. The summed E-state index contributed by atoms with van der Waals surface area (Å²) in [6.45, 7) is 3.83. The second-order valence-corrected chi connectivity index (χ2v) is 7.76. The third-order valence-corrected chi connectivity index (χ3v) is 5.74. The Balaban J connectivity index is 1.30. The van der Waals surface area contributed by atoms with E-state index in [1.54, 1.807) is 0 Å². The molecule has 1 saturated heterocycles. The third kappa shape index (κ3) is 4.23. The summed E-state index contributed by atoms with van der Waals surface area (Å²) in [7, 11) is 2.07. The van der Waals surface area contributed by atoms with Crippen LogP contribution in [0.15, 0.2) is 42.5 Å². The first kappa shape index (κ1) is 19.0. The number of piperazine rings is 1. The number of benzene rings is 2. The Morgan fingerprint density at radius 1 is 1.07 bits per heavy atom. The van der Waals surface area contributed by atoms with Crippen LogP contribution < -0.4 is 5.32 Å². The number of carbonyl (C=O) groups excluding carboxylic acids is 1. The standard InChI is InChI=1S/C22H25F2N3O/c1-26-8-10-27(11-9-26)22(28)14-25-21-13-19(21)16-4-2-15(3-5-16)18-7-6-17(23)12-20(18)24/h2-7,12,19,21,25H,8-11,13-14H2,1H3/t19-,21+/m0/s1. The average Bonchev–Trinajstić information content (AvgIpc) is 3.47. The molecule has 28 heavy (non-hydrogen) atoms. The second-order valence-electron chi connectivity index (χ2n) is 7.76. The molecule has 0 aromatic heterocycles. The van der Waals surface area contributed by atoms with Crippen LogP contribution in [0.1, 0.15) is 17.9 Å². The summed E-state index contributed by atoms with van der Waals surface area (Å²) in [5.74, 6) is -0.578. The maximum Gasteiger partial charge on any atom is 0.236 e. The molecule has 2 aliphatic rings. The number of rotatable bonds is 5. The summed E-state index contributed by atoms with van der Waals surface area (Å²) in [5, 5.41) is 3.37. The largest absolute Gasteiger partial charge is 0.339 e. The van der Waals surface area contributed by atoms with Crippen LogP contribution in [-0.4, -0.2) is 61.5 Å². The minimum atomic E-state index is -0.573. The topological polar surface area (TPSA) is 35.6 Å². The summed E-state index contributed by atoms with van der Waals surface area (Å²) in [4.78, 5) is 16.5. The van der Waals surface area contributed by atoms with Crippen molar-refractivity contribution in [3.63, 3.8) is 0 Å². The number of hydrogen-bond donors (Lipinski definition) is 1. The van der Waals surface area contributed by atoms with Crippen LogP contribution in [0.3, 0.4) is 0 Å². The quantitative estimate of drug-likeness (QED) is 0.860. The van der Waals surface area contributed by atoms with Crippen molar-refractivity contribution in [3.8, 4) is 11.1 Å². The molecule has 148 valence electrons. The van der Waals surface area contributed by atoms with Crippen LogP contribution in [0.25, 0.3) is 11.1 Å². The zero-order chi connectivity index (χ0) is 19.7. The molecule has 1 saturated carbocycles. The average molecular weight is 385 g/mol. The fourth-order valence-electron chi connectivity index (χ4n) is 3.81. The van der Waals surface area contributed by atoms with Gasteiger partial charge in [-0.05, 0) is 36.7 Å². The smallest absolute Gasteiger partial charge is 0.236 e. The van der Waals surface area contributed by atoms with Gasteiger partial charge in [0.1, 0.15) is 11.6 Å². The lowest BCUT2D eigenvalue weighted by atomic mass is 10.0. The van der Waals surface area contributed by atoms with E-state index in [0.717, 1.165) is 44.2 Å². The Morgan fingerprint density at radius 2 is 1.79 bits per heavy atom. The van der Waals surface area contributed by atoms with E-state index in [2.05, 4.69) is 17.3 Å². The molecule has 1 aliphatic heterocycles. The fourth-order valence-corrected chi connectivity index (χ4v) is 3.81. The minimum Gasteiger partial charge on any atom is -0.339 e. The van der Waals surface area contributed by atoms with Crippen molar-refractivity contribution in [2.45, 2.75) is 18.4 Å². The van der Waals surface area contributed by atoms with Crippen LogP contribution in [-0.2, 0) is 4.79 Å². The molecule has 4 nitrogen and oxygen atoms in total. The van der Waals surface area contributed by atoms with Crippen molar-refractivity contribution in [1.29, 1.82) is 0 Å². The first-order valence-corrected chi connectivity index (χ1v) is 9.76. The summed E-state index contributed by atoms with van der Waals surface area (Å²) in [6.07, 6.45) is 1.00. The van der Waals surface area contributed by atoms with Crippen molar-refractivity contribution in [1.82, 2.24) is 15.1 Å². The summed E-state index contributed by atoms with van der Waals surface area (Å²) in [5.41, 5.74) is 2.31. The van der Waals surface area contributed by atoms with E-state index in [0.29, 0.717) is 24.1 Å². The minimum absolute atomic E-state index is 0.167. The number of carbonyl (C=O) groups is 1. The van der Waals surface area contributed by atoms with Gasteiger partial charge in [0, 0.05) is 49.8 Å². The van der Waals surface area contributed by atoms with Gasteiger partial charge < -0.3 is 15.1 Å². The molecule has 1 aliphatic carbocycles. The lowest BCUT2D eigenvalue weighted by Crippen LogP contribution is -2.49. The number of halogens is 2. The molecule has 1 N–H and O–H groups in total. The van der Waals surface area contributed by atoms with Crippen LogP contribution in [0.2, 0.25) is 0 Å². The summed E-state index contributed by atoms with van der Waals surface area (Å²) in [6, 6.07) is 11.7. The highest BCUT2D eigenvalue weighted by Gasteiger charge is 2.38. The van der Waals surface area contributed by atoms with Crippen molar-refractivity contribution in [3.05, 3.63) is 59.7 Å². The van der Waals surface area contributed by atoms with Crippen molar-refractivity contribution in [2.24, 2.45) is 0 Å². The highest BCUT2D eigenvalue weighted by molar-refractivity contribution is 5.78. The highest BCUT2D eigenvalue weighted by atomic mass is 19.1. The van der Waals surface area contributed by atoms with Gasteiger partial charge in [-0.2, -0.15) is 0 Å². The van der Waals surface area contributed by atoms with E-state index >= 15 is 0 Å². The Labute approximate surface area is 164 Å². The Morgan fingerprint density at radius 3 is 2.46 bits per heavy atom. The van der Waals surface area contributed by atoms with Crippen molar-refractivity contribution in [2.75, 3.05) is 39.8 Å². The zero-order valence-electron chi connectivity index (χ0n) is 16.0. The molecule has 2 atom stereocenters. The van der Waals surface area contributed by atoms with Gasteiger partial charge in [0.15, 0.2) is 0 Å². The van der Waals surface area contributed by atoms with Gasteiger partial charge in [-0.3, -0.25) is 4.79 Å². The number of amides is 1. The van der Waals surface area contributed by atoms with Crippen LogP contribution >= 0.6 is 0 Å². The number of nitrogens with zero attached hydrogens (tertiary/aromatic N) is 2. The van der Waals surface area contributed by atoms with Gasteiger partial charge in [0.2, 0.25) is 5.91 Å². The van der Waals surface area contributed by atoms with Gasteiger partial charge >= 0.3 is 0 Å². The Kier molecular flexibility index (Phi) is 5.42. The van der Waals surface area contributed by atoms with Gasteiger partial charge in [0.25, 0.3) is 0 Å². The monoisotopic (exact) mass is 385 g/mol. The fraction of sp³-hybridized carbons (Fsp3) is 0.409. The van der Waals surface area contributed by atoms with Gasteiger partial charge in [-0.1, -0.05) is 24.3 Å². The number of nitrogens with one attached hydrogen (secondary N) is 1. The van der Waals surface area contributed by atoms with E-state index < -0.39 is 11.6 Å². The van der Waals surface area contributed by atoms with E-state index in [-0.39, 0.29) is 5.91 Å². The molecule has 0 unspecified atom stereocenters. The van der Waals surface area contributed by atoms with Crippen LogP contribution in [0.4, 0.5) is 8.78 Å². The molecule has 0 spiro atoms. The normalized spacial score (nSPS) is 22.3. The molecule has 2 fully saturated rings. The van der Waals surface area contributed by atoms with E-state index in [1.165, 1.54) is 17.7 Å². The molecule has 1 amide bonds. The first-order chi connectivity index (χ1) is 13.5. The van der Waals surface area contributed by atoms with E-state index in [4.69, 9.17) is 0 Å². The summed E-state index contributed by atoms with van der Waals surface area (Å²) < 4.78 is 27.0. The molecule has 0 bridgehead atoms. The first-order valence-electron chi connectivity index (χ1n) is 9.76. The number of likely N-dealkylation sites (N-methyl/N-ethyl adjacent to an activating group) is 1. The highest BCUT2D eigenvalue weighted by Crippen LogP contribution is 2.41. The maximum atomic E-state index is 13.9. The maximum absolute atomic E-state index is 13.9. The van der Waals surface area contributed by atoms with Crippen LogP contribution in [0.5, 0.6) is 0 Å². The van der Waals surface area contributed by atoms with E-state index in [1.807, 2.05) is 29.2 Å². The predicted octanol–water partition coefficient (Wildman–Crippen LogP) is 2.85. The molecular weight excluding hydrogens is 360 g/mol. The predicted molar refractivity (Wildman–Crippen MR) is 105 cm³/mol. The third-order valence-electron chi connectivity index (χ3n) is 5.74. The molecule has 2 aromatic carbocycles. The lowest BCUT2D eigenvalue weighted by Gasteiger charge is -2.32. The Hall–Kier alpha value is -2.31. The zero-order valence-corrected chi connectivity index (χ0v) is 16.0. The molecule has 6 heteroatoms. The molecule has 2 aromatic rings. The number of hydrogen-bond acceptors (Lipinski definition) is 3. The molecule has 1 heterocycles. The Bertz CT molecular complexity index is 847. The van der Waals surface area contributed by atoms with E-state index in [9.17, 15) is 13.6 Å². The van der Waals surface area contributed by atoms with Crippen molar-refractivity contribution >= 4 is 5.91 Å². The van der Waals surface area contributed by atoms with Crippen molar-refractivity contribution < 1.29 is 13.6 Å². The molecule has 0 radical (unpaired) electrons. The van der Waals surface area contributed by atoms with Gasteiger partial charge in [0.05, 0.1) is 6.54 Å². The molecular formula is C22H25F2N3O. The van der Waals surface area contributed by atoms with Gasteiger partial charge in [-0.25, -0.2) is 8.78 Å². The van der Waals surface area contributed by atoms with Gasteiger partial charge in [-0.15, -0.1) is 0 Å². The van der Waals surface area contributed by atoms with Crippen LogP contribution in [0, 0.1) is 11.6 Å². The summed E-state index contributed by atoms with van der Waals surface area (Å²) >= 11 is 0. The lowest BCUT2D eigenvalue weighted by molar-refractivity contribution is -0.131.